The molecule has 0 aliphatic carbocycles. The second-order valence-electron chi connectivity index (χ2n) is 7.30. The number of carbonyl (C=O) groups excluding carboxylic acids is 1. The summed E-state index contributed by atoms with van der Waals surface area (Å²) in [6.45, 7) is 2.64. The first kappa shape index (κ1) is 19.6. The fourth-order valence-corrected chi connectivity index (χ4v) is 4.39. The second kappa shape index (κ2) is 9.20. The molecule has 1 saturated heterocycles. The van der Waals surface area contributed by atoms with E-state index in [2.05, 4.69) is 21.3 Å². The summed E-state index contributed by atoms with van der Waals surface area (Å²) in [5.74, 6) is 0.948. The van der Waals surface area contributed by atoms with Gasteiger partial charge >= 0.3 is 0 Å². The molecule has 1 atom stereocenters. The number of nitrogens with one attached hydrogen (secondary N) is 1. The molecule has 0 radical (unpaired) electrons. The van der Waals surface area contributed by atoms with Crippen LogP contribution in [0.5, 0.6) is 5.75 Å². The number of ether oxygens (including phenoxy) is 1. The van der Waals surface area contributed by atoms with Crippen molar-refractivity contribution < 1.29 is 9.53 Å². The smallest absolute Gasteiger partial charge is 0.228 e. The molecule has 0 spiro atoms. The largest absolute Gasteiger partial charge is 0.497 e. The number of nitrogens with zero attached hydrogens (tertiary/aromatic N) is 2. The number of thiazole rings is 1. The monoisotopic (exact) mass is 407 g/mol. The average molecular weight is 408 g/mol. The lowest BCUT2D eigenvalue weighted by Gasteiger charge is -2.31. The van der Waals surface area contributed by atoms with Gasteiger partial charge < -0.3 is 10.1 Å². The summed E-state index contributed by atoms with van der Waals surface area (Å²) in [7, 11) is 1.67. The molecule has 0 bridgehead atoms. The lowest BCUT2D eigenvalue weighted by molar-refractivity contribution is -0.121. The Morgan fingerprint density at radius 3 is 2.86 bits per heavy atom. The molecular weight excluding hydrogens is 382 g/mol. The standard InChI is InChI=1S/C23H25N3O2S/c1-28-21-6-2-4-18(14-21)17-7-9-20(10-8-17)25-23(27)19-5-3-12-26(15-19)16-22-24-11-13-29-22/h2,4,6-11,13-14,19H,3,5,12,15-16H2,1H3,(H,25,27)/t19-/m0/s1. The van der Waals surface area contributed by atoms with Crippen LogP contribution >= 0.6 is 11.3 Å². The third-order valence-corrected chi connectivity index (χ3v) is 6.04. The van der Waals surface area contributed by atoms with Gasteiger partial charge in [-0.05, 0) is 54.8 Å². The molecule has 29 heavy (non-hydrogen) atoms. The molecule has 0 unspecified atom stereocenters. The van der Waals surface area contributed by atoms with E-state index in [9.17, 15) is 4.79 Å². The molecule has 1 fully saturated rings. The Morgan fingerprint density at radius 2 is 2.10 bits per heavy atom. The Labute approximate surface area is 175 Å². The molecule has 1 N–H and O–H groups in total. The third-order valence-electron chi connectivity index (χ3n) is 5.27. The Bertz CT molecular complexity index is 941. The van der Waals surface area contributed by atoms with Gasteiger partial charge in [-0.1, -0.05) is 24.3 Å². The van der Waals surface area contributed by atoms with E-state index in [4.69, 9.17) is 4.74 Å². The Morgan fingerprint density at radius 1 is 1.24 bits per heavy atom. The summed E-state index contributed by atoms with van der Waals surface area (Å²) in [5.41, 5.74) is 3.01. The van der Waals surface area contributed by atoms with Crippen molar-refractivity contribution in [3.8, 4) is 16.9 Å². The molecule has 1 aliphatic heterocycles. The number of methoxy groups -OCH3 is 1. The fourth-order valence-electron chi connectivity index (χ4n) is 3.73. The predicted molar refractivity (Wildman–Crippen MR) is 117 cm³/mol. The highest BCUT2D eigenvalue weighted by molar-refractivity contribution is 7.09. The molecule has 1 aromatic heterocycles. The van der Waals surface area contributed by atoms with Crippen molar-refractivity contribution in [3.05, 3.63) is 65.1 Å². The fraction of sp³-hybridized carbons (Fsp3) is 0.304. The number of likely N-dealkylation sites (tertiary alicyclic amines) is 1. The summed E-state index contributed by atoms with van der Waals surface area (Å²) in [6, 6.07) is 15.9. The average Bonchev–Trinajstić information content (AvgIpc) is 3.27. The van der Waals surface area contributed by atoms with Crippen LogP contribution < -0.4 is 10.1 Å². The predicted octanol–water partition coefficient (Wildman–Crippen LogP) is 4.67. The van der Waals surface area contributed by atoms with Gasteiger partial charge in [0.05, 0.1) is 19.6 Å². The lowest BCUT2D eigenvalue weighted by atomic mass is 9.97. The van der Waals surface area contributed by atoms with Crippen LogP contribution in [-0.4, -0.2) is 36.0 Å². The number of anilines is 1. The molecule has 1 amide bonds. The number of amides is 1. The second-order valence-corrected chi connectivity index (χ2v) is 8.28. The molecule has 3 aromatic rings. The highest BCUT2D eigenvalue weighted by Crippen LogP contribution is 2.26. The maximum atomic E-state index is 12.8. The number of rotatable bonds is 6. The van der Waals surface area contributed by atoms with E-state index in [1.807, 2.05) is 54.0 Å². The van der Waals surface area contributed by atoms with Gasteiger partial charge in [0.2, 0.25) is 5.91 Å². The van der Waals surface area contributed by atoms with E-state index in [0.29, 0.717) is 0 Å². The van der Waals surface area contributed by atoms with Gasteiger partial charge in [0, 0.05) is 23.8 Å². The quantitative estimate of drug-likeness (QED) is 0.645. The summed E-state index contributed by atoms with van der Waals surface area (Å²) in [5, 5.41) is 6.20. The van der Waals surface area contributed by atoms with Crippen molar-refractivity contribution in [1.29, 1.82) is 0 Å². The van der Waals surface area contributed by atoms with E-state index in [0.717, 1.165) is 60.0 Å². The summed E-state index contributed by atoms with van der Waals surface area (Å²) in [4.78, 5) is 19.5. The minimum Gasteiger partial charge on any atom is -0.497 e. The first-order chi connectivity index (χ1) is 14.2. The molecule has 0 saturated carbocycles. The highest BCUT2D eigenvalue weighted by atomic mass is 32.1. The van der Waals surface area contributed by atoms with Crippen molar-refractivity contribution >= 4 is 22.9 Å². The van der Waals surface area contributed by atoms with Crippen LogP contribution in [0.4, 0.5) is 5.69 Å². The van der Waals surface area contributed by atoms with Crippen molar-refractivity contribution in [2.75, 3.05) is 25.5 Å². The van der Waals surface area contributed by atoms with Crippen LogP contribution in [0.25, 0.3) is 11.1 Å². The number of hydrogen-bond donors (Lipinski definition) is 1. The maximum absolute atomic E-state index is 12.8. The molecular formula is C23H25N3O2S. The zero-order chi connectivity index (χ0) is 20.1. The van der Waals surface area contributed by atoms with Crippen molar-refractivity contribution in [2.45, 2.75) is 19.4 Å². The normalized spacial score (nSPS) is 17.1. The first-order valence-electron chi connectivity index (χ1n) is 9.87. The molecule has 6 heteroatoms. The van der Waals surface area contributed by atoms with E-state index in [1.54, 1.807) is 18.4 Å². The van der Waals surface area contributed by atoms with Gasteiger partial charge in [-0.25, -0.2) is 4.98 Å². The first-order valence-corrected chi connectivity index (χ1v) is 10.8. The summed E-state index contributed by atoms with van der Waals surface area (Å²) in [6.07, 6.45) is 3.81. The van der Waals surface area contributed by atoms with Crippen LogP contribution in [0.15, 0.2) is 60.1 Å². The third kappa shape index (κ3) is 5.02. The van der Waals surface area contributed by atoms with Crippen LogP contribution in [0, 0.1) is 5.92 Å². The van der Waals surface area contributed by atoms with Gasteiger partial charge in [0.25, 0.3) is 0 Å². The summed E-state index contributed by atoms with van der Waals surface area (Å²) >= 11 is 1.67. The Hall–Kier alpha value is -2.70. The molecule has 2 heterocycles. The van der Waals surface area contributed by atoms with Crippen molar-refractivity contribution in [2.24, 2.45) is 5.92 Å². The van der Waals surface area contributed by atoms with Gasteiger partial charge in [0.15, 0.2) is 0 Å². The molecule has 2 aromatic carbocycles. The summed E-state index contributed by atoms with van der Waals surface area (Å²) < 4.78 is 5.30. The number of hydrogen-bond acceptors (Lipinski definition) is 5. The van der Waals surface area contributed by atoms with Crippen LogP contribution in [0.3, 0.4) is 0 Å². The van der Waals surface area contributed by atoms with Gasteiger partial charge in [0.1, 0.15) is 10.8 Å². The SMILES string of the molecule is COc1cccc(-c2ccc(NC(=O)[C@H]3CCCN(Cc4nccs4)C3)cc2)c1. The van der Waals surface area contributed by atoms with Crippen molar-refractivity contribution in [1.82, 2.24) is 9.88 Å². The molecule has 5 nitrogen and oxygen atoms in total. The van der Waals surface area contributed by atoms with E-state index >= 15 is 0 Å². The molecule has 1 aliphatic rings. The topological polar surface area (TPSA) is 54.5 Å². The minimum absolute atomic E-state index is 0.0155. The number of benzene rings is 2. The van der Waals surface area contributed by atoms with Gasteiger partial charge in [-0.3, -0.25) is 9.69 Å². The van der Waals surface area contributed by atoms with Gasteiger partial charge in [-0.15, -0.1) is 11.3 Å². The van der Waals surface area contributed by atoms with Crippen LogP contribution in [-0.2, 0) is 11.3 Å². The molecule has 4 rings (SSSR count). The number of piperidine rings is 1. The van der Waals surface area contributed by atoms with E-state index in [-0.39, 0.29) is 11.8 Å². The van der Waals surface area contributed by atoms with Gasteiger partial charge in [-0.2, -0.15) is 0 Å². The van der Waals surface area contributed by atoms with Crippen molar-refractivity contribution in [3.63, 3.8) is 0 Å². The van der Waals surface area contributed by atoms with E-state index in [1.165, 1.54) is 0 Å². The lowest BCUT2D eigenvalue weighted by Crippen LogP contribution is -2.40. The zero-order valence-electron chi connectivity index (χ0n) is 16.5. The minimum atomic E-state index is 0.0155. The maximum Gasteiger partial charge on any atom is 0.228 e. The van der Waals surface area contributed by atoms with Crippen LogP contribution in [0.2, 0.25) is 0 Å². The van der Waals surface area contributed by atoms with E-state index < -0.39 is 0 Å². The Kier molecular flexibility index (Phi) is 6.22. The Balaban J connectivity index is 1.36. The molecule has 150 valence electrons. The number of aromatic nitrogens is 1. The highest BCUT2D eigenvalue weighted by Gasteiger charge is 2.26. The zero-order valence-corrected chi connectivity index (χ0v) is 17.3. The van der Waals surface area contributed by atoms with Crippen LogP contribution in [0.1, 0.15) is 17.8 Å². The number of carbonyl (C=O) groups is 1.